The van der Waals surface area contributed by atoms with Crippen LogP contribution in [0.5, 0.6) is 0 Å². The van der Waals surface area contributed by atoms with E-state index in [4.69, 9.17) is 0 Å². The lowest BCUT2D eigenvalue weighted by atomic mass is 9.53. The second kappa shape index (κ2) is 4.08. The molecule has 2 N–H and O–H groups in total. The van der Waals surface area contributed by atoms with Crippen LogP contribution in [0.2, 0.25) is 0 Å². The van der Waals surface area contributed by atoms with Gasteiger partial charge in [0, 0.05) is 11.5 Å². The largest absolute Gasteiger partial charge is 0.344 e. The van der Waals surface area contributed by atoms with E-state index in [0.29, 0.717) is 11.7 Å². The molecule has 5 aliphatic rings. The molecule has 5 nitrogen and oxygen atoms in total. The van der Waals surface area contributed by atoms with Crippen molar-refractivity contribution in [3.63, 3.8) is 0 Å². The lowest BCUT2D eigenvalue weighted by Gasteiger charge is -2.56. The minimum absolute atomic E-state index is 0.0478. The Bertz CT molecular complexity index is 554. The van der Waals surface area contributed by atoms with Crippen molar-refractivity contribution in [3.8, 4) is 0 Å². The van der Waals surface area contributed by atoms with Crippen LogP contribution in [0, 0.1) is 17.8 Å². The van der Waals surface area contributed by atoms with Crippen LogP contribution in [0.4, 0.5) is 0 Å². The van der Waals surface area contributed by atoms with Gasteiger partial charge >= 0.3 is 0 Å². The molecule has 1 amide bonds. The standard InChI is InChI=1S/C16H22N4O/c21-15(14-17-13(19-20-14)12-1-2-12)18-16-6-9-3-10(7-16)5-11(4-9)8-16/h9-12H,1-8H2,(H,18,21)(H,17,19,20). The fourth-order valence-corrected chi connectivity index (χ4v) is 5.48. The minimum Gasteiger partial charge on any atom is -0.344 e. The van der Waals surface area contributed by atoms with Crippen molar-refractivity contribution in [2.75, 3.05) is 0 Å². The number of aromatic nitrogens is 3. The fraction of sp³-hybridized carbons (Fsp3) is 0.812. The number of rotatable bonds is 3. The van der Waals surface area contributed by atoms with E-state index in [-0.39, 0.29) is 11.4 Å². The summed E-state index contributed by atoms with van der Waals surface area (Å²) in [7, 11) is 0. The number of hydrogen-bond acceptors (Lipinski definition) is 3. The van der Waals surface area contributed by atoms with Crippen molar-refractivity contribution in [2.24, 2.45) is 17.8 Å². The summed E-state index contributed by atoms with van der Waals surface area (Å²) in [4.78, 5) is 16.9. The summed E-state index contributed by atoms with van der Waals surface area (Å²) in [6.07, 6.45) is 10.0. The zero-order chi connectivity index (χ0) is 14.0. The van der Waals surface area contributed by atoms with Gasteiger partial charge in [0.05, 0.1) is 0 Å². The van der Waals surface area contributed by atoms with E-state index in [0.717, 1.165) is 23.6 Å². The van der Waals surface area contributed by atoms with E-state index in [9.17, 15) is 4.79 Å². The van der Waals surface area contributed by atoms with Crippen molar-refractivity contribution >= 4 is 5.91 Å². The molecule has 4 bridgehead atoms. The molecule has 21 heavy (non-hydrogen) atoms. The molecular weight excluding hydrogens is 264 g/mol. The summed E-state index contributed by atoms with van der Waals surface area (Å²) >= 11 is 0. The molecule has 0 spiro atoms. The molecule has 5 aliphatic carbocycles. The smallest absolute Gasteiger partial charge is 0.291 e. The molecule has 0 saturated heterocycles. The van der Waals surface area contributed by atoms with Crippen LogP contribution in [0.15, 0.2) is 0 Å². The summed E-state index contributed by atoms with van der Waals surface area (Å²) < 4.78 is 0. The van der Waals surface area contributed by atoms with E-state index in [1.807, 2.05) is 0 Å². The molecule has 0 unspecified atom stereocenters. The number of H-pyrrole nitrogens is 1. The van der Waals surface area contributed by atoms with Crippen LogP contribution in [-0.2, 0) is 0 Å². The van der Waals surface area contributed by atoms with Gasteiger partial charge in [-0.3, -0.25) is 9.89 Å². The number of hydrogen-bond donors (Lipinski definition) is 2. The zero-order valence-corrected chi connectivity index (χ0v) is 12.3. The second-order valence-corrected chi connectivity index (χ2v) is 7.97. The Balaban J connectivity index is 1.35. The number of nitrogens with one attached hydrogen (secondary N) is 2. The molecule has 5 fully saturated rings. The number of nitrogens with zero attached hydrogens (tertiary/aromatic N) is 2. The molecule has 5 heteroatoms. The van der Waals surface area contributed by atoms with Crippen molar-refractivity contribution in [1.82, 2.24) is 20.5 Å². The van der Waals surface area contributed by atoms with Gasteiger partial charge in [-0.1, -0.05) is 0 Å². The quantitative estimate of drug-likeness (QED) is 0.896. The Labute approximate surface area is 124 Å². The molecule has 6 rings (SSSR count). The Morgan fingerprint density at radius 2 is 1.71 bits per heavy atom. The Kier molecular flexibility index (Phi) is 2.37. The summed E-state index contributed by atoms with van der Waals surface area (Å²) in [6.45, 7) is 0. The highest BCUT2D eigenvalue weighted by molar-refractivity contribution is 5.91. The highest BCUT2D eigenvalue weighted by Crippen LogP contribution is 2.55. The molecule has 1 aromatic heterocycles. The van der Waals surface area contributed by atoms with Crippen molar-refractivity contribution < 1.29 is 4.79 Å². The molecule has 1 heterocycles. The maximum absolute atomic E-state index is 12.5. The molecular formula is C16H22N4O. The topological polar surface area (TPSA) is 70.7 Å². The predicted octanol–water partition coefficient (Wildman–Crippen LogP) is 2.38. The van der Waals surface area contributed by atoms with E-state index in [1.165, 1.54) is 51.4 Å². The lowest BCUT2D eigenvalue weighted by molar-refractivity contribution is -0.0168. The molecule has 0 aromatic carbocycles. The average Bonchev–Trinajstić information content (AvgIpc) is 3.14. The van der Waals surface area contributed by atoms with Crippen LogP contribution < -0.4 is 5.32 Å². The third kappa shape index (κ3) is 2.00. The maximum Gasteiger partial charge on any atom is 0.291 e. The average molecular weight is 286 g/mol. The molecule has 0 aliphatic heterocycles. The van der Waals surface area contributed by atoms with E-state index in [1.54, 1.807) is 0 Å². The molecule has 5 saturated carbocycles. The van der Waals surface area contributed by atoms with Crippen molar-refractivity contribution in [1.29, 1.82) is 0 Å². The summed E-state index contributed by atoms with van der Waals surface area (Å²) in [5, 5.41) is 10.4. The van der Waals surface area contributed by atoms with Gasteiger partial charge in [0.1, 0.15) is 5.82 Å². The van der Waals surface area contributed by atoms with Gasteiger partial charge in [0.25, 0.3) is 5.91 Å². The number of amides is 1. The predicted molar refractivity (Wildman–Crippen MR) is 76.7 cm³/mol. The van der Waals surface area contributed by atoms with Gasteiger partial charge in [-0.2, -0.15) is 0 Å². The van der Waals surface area contributed by atoms with E-state index in [2.05, 4.69) is 20.5 Å². The molecule has 0 atom stereocenters. The Morgan fingerprint density at radius 3 is 2.29 bits per heavy atom. The first-order valence-electron chi connectivity index (χ1n) is 8.44. The van der Waals surface area contributed by atoms with Gasteiger partial charge in [-0.05, 0) is 69.1 Å². The first-order chi connectivity index (χ1) is 10.2. The monoisotopic (exact) mass is 286 g/mol. The van der Waals surface area contributed by atoms with E-state index >= 15 is 0 Å². The Morgan fingerprint density at radius 1 is 1.10 bits per heavy atom. The van der Waals surface area contributed by atoms with Crippen LogP contribution in [0.1, 0.15) is 73.7 Å². The maximum atomic E-state index is 12.5. The molecule has 112 valence electrons. The highest BCUT2D eigenvalue weighted by atomic mass is 16.2. The zero-order valence-electron chi connectivity index (χ0n) is 12.3. The van der Waals surface area contributed by atoms with Crippen LogP contribution >= 0.6 is 0 Å². The van der Waals surface area contributed by atoms with Gasteiger partial charge in [0.2, 0.25) is 5.82 Å². The summed E-state index contributed by atoms with van der Waals surface area (Å²) in [5.74, 6) is 4.19. The van der Waals surface area contributed by atoms with E-state index < -0.39 is 0 Å². The van der Waals surface area contributed by atoms with Crippen molar-refractivity contribution in [3.05, 3.63) is 11.6 Å². The molecule has 0 radical (unpaired) electrons. The third-order valence-corrected chi connectivity index (χ3v) is 6.09. The first-order valence-corrected chi connectivity index (χ1v) is 8.44. The lowest BCUT2D eigenvalue weighted by Crippen LogP contribution is -2.59. The van der Waals surface area contributed by atoms with Gasteiger partial charge < -0.3 is 5.32 Å². The number of aromatic amines is 1. The van der Waals surface area contributed by atoms with Crippen LogP contribution in [0.25, 0.3) is 0 Å². The van der Waals surface area contributed by atoms with Crippen LogP contribution in [0.3, 0.4) is 0 Å². The van der Waals surface area contributed by atoms with Crippen LogP contribution in [-0.4, -0.2) is 26.6 Å². The Hall–Kier alpha value is -1.39. The van der Waals surface area contributed by atoms with Gasteiger partial charge in [0.15, 0.2) is 0 Å². The summed E-state index contributed by atoms with van der Waals surface area (Å²) in [6, 6.07) is 0. The normalized spacial score (nSPS) is 40.5. The van der Waals surface area contributed by atoms with Crippen molar-refractivity contribution in [2.45, 2.75) is 62.8 Å². The third-order valence-electron chi connectivity index (χ3n) is 6.09. The number of carbonyl (C=O) groups excluding carboxylic acids is 1. The van der Waals surface area contributed by atoms with Gasteiger partial charge in [-0.25, -0.2) is 4.98 Å². The number of carbonyl (C=O) groups is 1. The molecule has 1 aromatic rings. The van der Waals surface area contributed by atoms with Gasteiger partial charge in [-0.15, -0.1) is 5.10 Å². The fourth-order valence-electron chi connectivity index (χ4n) is 5.48. The first kappa shape index (κ1) is 12.2. The SMILES string of the molecule is O=C(NC12CC3CC(CC(C3)C1)C2)c1n[nH]c(C2CC2)n1. The minimum atomic E-state index is -0.0694. The summed E-state index contributed by atoms with van der Waals surface area (Å²) in [5.41, 5.74) is 0.0478. The highest BCUT2D eigenvalue weighted by Gasteiger charge is 2.51. The second-order valence-electron chi connectivity index (χ2n) is 7.97.